The molecule has 2 aliphatic rings. The lowest BCUT2D eigenvalue weighted by atomic mass is 10.0. The zero-order valence-corrected chi connectivity index (χ0v) is 25.1. The zero-order chi connectivity index (χ0) is 31.3. The number of hydrogen-bond acceptors (Lipinski definition) is 7. The van der Waals surface area contributed by atoms with Crippen molar-refractivity contribution >= 4 is 29.1 Å². The first-order chi connectivity index (χ1) is 21.9. The number of carbonyl (C=O) groups excluding carboxylic acids is 3. The number of aromatic nitrogens is 1. The Balaban J connectivity index is 1.12. The Kier molecular flexibility index (Phi) is 8.84. The molecule has 0 atom stereocenters. The summed E-state index contributed by atoms with van der Waals surface area (Å²) in [6.45, 7) is 4.99. The summed E-state index contributed by atoms with van der Waals surface area (Å²) in [4.78, 5) is 51.7. The van der Waals surface area contributed by atoms with Gasteiger partial charge in [0.1, 0.15) is 11.6 Å². The Hall–Kier alpha value is -5.09. The van der Waals surface area contributed by atoms with Crippen LogP contribution >= 0.6 is 0 Å². The molecule has 3 heterocycles. The van der Waals surface area contributed by atoms with Crippen molar-refractivity contribution in [1.82, 2.24) is 14.8 Å². The Morgan fingerprint density at radius 3 is 2.36 bits per heavy atom. The molecular weight excluding hydrogens is 573 g/mol. The molecule has 0 radical (unpaired) electrons. The average Bonchev–Trinajstić information content (AvgIpc) is 3.33. The van der Waals surface area contributed by atoms with E-state index >= 15 is 0 Å². The third kappa shape index (κ3) is 6.41. The van der Waals surface area contributed by atoms with Crippen molar-refractivity contribution in [3.8, 4) is 5.75 Å². The molecular formula is C35H34FN5O4. The van der Waals surface area contributed by atoms with Crippen molar-refractivity contribution < 1.29 is 23.5 Å². The number of carbonyl (C=O) groups is 3. The number of pyridine rings is 1. The Labute approximate surface area is 261 Å². The second-order valence-electron chi connectivity index (χ2n) is 11.1. The van der Waals surface area contributed by atoms with Gasteiger partial charge in [0.2, 0.25) is 0 Å². The first-order valence-corrected chi connectivity index (χ1v) is 15.0. The van der Waals surface area contributed by atoms with Crippen LogP contribution in [-0.2, 0) is 6.54 Å². The summed E-state index contributed by atoms with van der Waals surface area (Å²) in [6.07, 6.45) is 3.81. The molecule has 0 unspecified atom stereocenters. The third-order valence-electron chi connectivity index (χ3n) is 8.32. The van der Waals surface area contributed by atoms with Crippen LogP contribution < -0.4 is 14.5 Å². The summed E-state index contributed by atoms with van der Waals surface area (Å²) in [5.41, 5.74) is 3.19. The number of ether oxygens (including phenoxy) is 1. The lowest BCUT2D eigenvalue weighted by molar-refractivity contribution is 0.0734. The van der Waals surface area contributed by atoms with Crippen molar-refractivity contribution in [3.63, 3.8) is 0 Å². The number of fused-ring (bicyclic) bond motifs is 1. The van der Waals surface area contributed by atoms with Gasteiger partial charge < -0.3 is 14.5 Å². The number of rotatable bonds is 10. The molecule has 1 fully saturated rings. The van der Waals surface area contributed by atoms with Crippen LogP contribution in [0.5, 0.6) is 5.75 Å². The minimum Gasteiger partial charge on any atom is -0.494 e. The first kappa shape index (κ1) is 30.0. The summed E-state index contributed by atoms with van der Waals surface area (Å²) >= 11 is 0. The maximum absolute atomic E-state index is 13.9. The molecule has 10 heteroatoms. The highest BCUT2D eigenvalue weighted by Crippen LogP contribution is 2.31. The van der Waals surface area contributed by atoms with E-state index in [0.29, 0.717) is 30.1 Å². The summed E-state index contributed by atoms with van der Waals surface area (Å²) in [7, 11) is 1.55. The highest BCUT2D eigenvalue weighted by Gasteiger charge is 2.37. The molecule has 1 saturated heterocycles. The van der Waals surface area contributed by atoms with Gasteiger partial charge in [0.25, 0.3) is 17.7 Å². The molecule has 230 valence electrons. The summed E-state index contributed by atoms with van der Waals surface area (Å²) in [5, 5.41) is 0. The van der Waals surface area contributed by atoms with Gasteiger partial charge in [0, 0.05) is 63.3 Å². The number of benzene rings is 3. The van der Waals surface area contributed by atoms with Gasteiger partial charge in [0.15, 0.2) is 0 Å². The fraction of sp³-hybridized carbons (Fsp3) is 0.257. The summed E-state index contributed by atoms with van der Waals surface area (Å²) in [6, 6.07) is 22.4. The quantitative estimate of drug-likeness (QED) is 0.238. The molecule has 4 aromatic rings. The monoisotopic (exact) mass is 607 g/mol. The SMILES string of the molecule is COc1cc(F)ccc1N1CCN(CCCN(Cc2ccccc2)C(=O)c2ccc3c(c2)C(=O)N(c2ccncc2)C3=O)CC1. The van der Waals surface area contributed by atoms with Crippen LogP contribution in [0.25, 0.3) is 0 Å². The Morgan fingerprint density at radius 2 is 1.62 bits per heavy atom. The molecule has 1 aromatic heterocycles. The van der Waals surface area contributed by atoms with E-state index in [2.05, 4.69) is 14.8 Å². The van der Waals surface area contributed by atoms with Gasteiger partial charge in [-0.05, 0) is 61.0 Å². The Morgan fingerprint density at radius 1 is 0.889 bits per heavy atom. The van der Waals surface area contributed by atoms with Crippen molar-refractivity contribution in [3.05, 3.63) is 119 Å². The van der Waals surface area contributed by atoms with E-state index in [-0.39, 0.29) is 22.9 Å². The van der Waals surface area contributed by atoms with E-state index in [1.54, 1.807) is 48.4 Å². The number of amides is 3. The second-order valence-corrected chi connectivity index (χ2v) is 11.1. The minimum atomic E-state index is -0.456. The number of methoxy groups -OCH3 is 1. The highest BCUT2D eigenvalue weighted by atomic mass is 19.1. The van der Waals surface area contributed by atoms with Gasteiger partial charge in [-0.3, -0.25) is 24.3 Å². The molecule has 3 aromatic carbocycles. The van der Waals surface area contributed by atoms with E-state index in [1.165, 1.54) is 24.5 Å². The number of nitrogens with zero attached hydrogens (tertiary/aromatic N) is 5. The number of imide groups is 1. The van der Waals surface area contributed by atoms with E-state index in [0.717, 1.165) is 55.3 Å². The first-order valence-electron chi connectivity index (χ1n) is 15.0. The molecule has 0 spiro atoms. The molecule has 2 aliphatic heterocycles. The fourth-order valence-corrected chi connectivity index (χ4v) is 5.95. The molecule has 0 saturated carbocycles. The smallest absolute Gasteiger partial charge is 0.266 e. The van der Waals surface area contributed by atoms with Crippen LogP contribution in [0.3, 0.4) is 0 Å². The van der Waals surface area contributed by atoms with Crippen LogP contribution in [0.15, 0.2) is 91.3 Å². The zero-order valence-electron chi connectivity index (χ0n) is 25.1. The Bertz CT molecular complexity index is 1690. The van der Waals surface area contributed by atoms with E-state index in [4.69, 9.17) is 4.74 Å². The molecule has 6 rings (SSSR count). The van der Waals surface area contributed by atoms with Crippen LogP contribution in [0.1, 0.15) is 43.1 Å². The van der Waals surface area contributed by atoms with Gasteiger partial charge in [0.05, 0.1) is 29.6 Å². The number of halogens is 1. The standard InChI is InChI=1S/C35H34FN5O4/c1-45-32-23-27(36)9-11-31(32)39-20-18-38(19-21-39)16-5-17-40(24-25-6-3-2-4-7-25)33(42)26-8-10-29-30(22-26)35(44)41(34(29)43)28-12-14-37-15-13-28/h2-4,6-15,22-23H,5,16-21,24H2,1H3. The summed E-state index contributed by atoms with van der Waals surface area (Å²) < 4.78 is 19.1. The number of piperazine rings is 1. The lowest BCUT2D eigenvalue weighted by Gasteiger charge is -2.37. The van der Waals surface area contributed by atoms with Crippen molar-refractivity contribution in [2.24, 2.45) is 0 Å². The summed E-state index contributed by atoms with van der Waals surface area (Å²) in [5.74, 6) is -0.864. The predicted molar refractivity (Wildman–Crippen MR) is 169 cm³/mol. The maximum atomic E-state index is 13.9. The lowest BCUT2D eigenvalue weighted by Crippen LogP contribution is -2.47. The van der Waals surface area contributed by atoms with Gasteiger partial charge in [-0.2, -0.15) is 0 Å². The highest BCUT2D eigenvalue weighted by molar-refractivity contribution is 6.34. The van der Waals surface area contributed by atoms with Crippen LogP contribution in [0.2, 0.25) is 0 Å². The molecule has 9 nitrogen and oxygen atoms in total. The fourth-order valence-electron chi connectivity index (χ4n) is 5.95. The van der Waals surface area contributed by atoms with E-state index < -0.39 is 11.8 Å². The van der Waals surface area contributed by atoms with Crippen molar-refractivity contribution in [1.29, 1.82) is 0 Å². The van der Waals surface area contributed by atoms with Gasteiger partial charge in [-0.1, -0.05) is 30.3 Å². The van der Waals surface area contributed by atoms with Crippen LogP contribution in [0, 0.1) is 5.82 Å². The molecule has 0 N–H and O–H groups in total. The van der Waals surface area contributed by atoms with Gasteiger partial charge in [-0.25, -0.2) is 9.29 Å². The van der Waals surface area contributed by atoms with Crippen LogP contribution in [0.4, 0.5) is 15.8 Å². The molecule has 45 heavy (non-hydrogen) atoms. The minimum absolute atomic E-state index is 0.197. The topological polar surface area (TPSA) is 86.3 Å². The second kappa shape index (κ2) is 13.3. The van der Waals surface area contributed by atoms with Gasteiger partial charge in [-0.15, -0.1) is 0 Å². The molecule has 3 amide bonds. The largest absolute Gasteiger partial charge is 0.494 e. The molecule has 0 aliphatic carbocycles. The van der Waals surface area contributed by atoms with E-state index in [9.17, 15) is 18.8 Å². The molecule has 0 bridgehead atoms. The normalized spacial score (nSPS) is 14.9. The predicted octanol–water partition coefficient (Wildman–Crippen LogP) is 4.88. The van der Waals surface area contributed by atoms with E-state index in [1.807, 2.05) is 30.3 Å². The maximum Gasteiger partial charge on any atom is 0.266 e. The third-order valence-corrected chi connectivity index (χ3v) is 8.32. The number of hydrogen-bond donors (Lipinski definition) is 0. The average molecular weight is 608 g/mol. The number of anilines is 2. The van der Waals surface area contributed by atoms with Crippen molar-refractivity contribution in [2.45, 2.75) is 13.0 Å². The van der Waals surface area contributed by atoms with Crippen molar-refractivity contribution in [2.75, 3.05) is 56.2 Å². The van der Waals surface area contributed by atoms with Gasteiger partial charge >= 0.3 is 0 Å². The van der Waals surface area contributed by atoms with Crippen LogP contribution in [-0.4, -0.2) is 78.9 Å².